The molecule has 0 spiro atoms. The maximum atomic E-state index is 13.1. The van der Waals surface area contributed by atoms with Crippen LogP contribution < -0.4 is 5.32 Å². The van der Waals surface area contributed by atoms with Gasteiger partial charge in [-0.2, -0.15) is 13.2 Å². The van der Waals surface area contributed by atoms with Crippen molar-refractivity contribution in [3.05, 3.63) is 46.3 Å². The predicted octanol–water partition coefficient (Wildman–Crippen LogP) is 4.43. The summed E-state index contributed by atoms with van der Waals surface area (Å²) in [5.74, 6) is 5.29. The predicted molar refractivity (Wildman–Crippen MR) is 118 cm³/mol. The third-order valence-corrected chi connectivity index (χ3v) is 5.64. The minimum atomic E-state index is -4.55. The molecule has 0 radical (unpaired) electrons. The fourth-order valence-corrected chi connectivity index (χ4v) is 3.91. The summed E-state index contributed by atoms with van der Waals surface area (Å²) in [6, 6.07) is 2.15. The van der Waals surface area contributed by atoms with Crippen molar-refractivity contribution in [2.75, 3.05) is 6.54 Å². The molecule has 178 valence electrons. The molecule has 0 unspecified atom stereocenters. The number of amides is 1. The highest BCUT2D eigenvalue weighted by atomic mass is 35.5. The number of halogens is 4. The van der Waals surface area contributed by atoms with Crippen LogP contribution in [0.3, 0.4) is 0 Å². The van der Waals surface area contributed by atoms with Crippen LogP contribution in [0, 0.1) is 17.8 Å². The molecule has 2 aromatic rings. The summed E-state index contributed by atoms with van der Waals surface area (Å²) in [5.41, 5.74) is -1.74. The molecule has 2 aromatic heterocycles. The number of rotatable bonds is 5. The van der Waals surface area contributed by atoms with Gasteiger partial charge in [0.25, 0.3) is 5.91 Å². The van der Waals surface area contributed by atoms with Gasteiger partial charge in [0.05, 0.1) is 6.54 Å². The van der Waals surface area contributed by atoms with Crippen LogP contribution in [0.4, 0.5) is 13.2 Å². The number of imidazole rings is 1. The second-order valence-corrected chi connectivity index (χ2v) is 9.07. The van der Waals surface area contributed by atoms with Crippen LogP contribution in [0.15, 0.2) is 18.3 Å². The van der Waals surface area contributed by atoms with E-state index in [2.05, 4.69) is 27.1 Å². The summed E-state index contributed by atoms with van der Waals surface area (Å²) in [6.07, 6.45) is 2.09. The van der Waals surface area contributed by atoms with Crippen molar-refractivity contribution in [3.8, 4) is 11.8 Å². The summed E-state index contributed by atoms with van der Waals surface area (Å²) < 4.78 is 39.8. The standard InChI is InChI=1S/C23H26ClF3N4O2/c1-22(2,33)11-10-17-19(20(32)29-12-15-6-4-3-5-7-15)31(21(24)30-17)14-16-8-9-18(28-13-16)23(25,26)27/h8-9,13,15,33H,3-7,12,14H2,1-2H3,(H,29,32). The van der Waals surface area contributed by atoms with Crippen molar-refractivity contribution in [2.45, 2.75) is 64.3 Å². The Hall–Kier alpha value is -2.57. The smallest absolute Gasteiger partial charge is 0.378 e. The molecule has 0 atom stereocenters. The largest absolute Gasteiger partial charge is 0.433 e. The van der Waals surface area contributed by atoms with Gasteiger partial charge in [0.1, 0.15) is 22.7 Å². The van der Waals surface area contributed by atoms with Gasteiger partial charge in [-0.05, 0) is 61.8 Å². The number of carbonyl (C=O) groups excluding carboxylic acids is 1. The van der Waals surface area contributed by atoms with Crippen LogP contribution in [0.1, 0.15) is 73.4 Å². The number of nitrogens with zero attached hydrogens (tertiary/aromatic N) is 3. The van der Waals surface area contributed by atoms with E-state index in [0.717, 1.165) is 37.9 Å². The van der Waals surface area contributed by atoms with Gasteiger partial charge >= 0.3 is 6.18 Å². The van der Waals surface area contributed by atoms with Crippen LogP contribution in [-0.4, -0.2) is 37.7 Å². The third kappa shape index (κ3) is 6.95. The zero-order chi connectivity index (χ0) is 24.2. The molecule has 1 fully saturated rings. The fraction of sp³-hybridized carbons (Fsp3) is 0.522. The lowest BCUT2D eigenvalue weighted by Crippen LogP contribution is -2.32. The molecule has 2 heterocycles. The minimum Gasteiger partial charge on any atom is -0.378 e. The van der Waals surface area contributed by atoms with Crippen LogP contribution >= 0.6 is 11.6 Å². The van der Waals surface area contributed by atoms with Gasteiger partial charge in [-0.1, -0.05) is 31.2 Å². The molecule has 1 aliphatic rings. The lowest BCUT2D eigenvalue weighted by molar-refractivity contribution is -0.141. The molecule has 1 amide bonds. The molecule has 3 rings (SSSR count). The maximum Gasteiger partial charge on any atom is 0.433 e. The summed E-state index contributed by atoms with van der Waals surface area (Å²) in [7, 11) is 0. The van der Waals surface area contributed by atoms with Crippen LogP contribution in [0.25, 0.3) is 0 Å². The third-order valence-electron chi connectivity index (χ3n) is 5.35. The van der Waals surface area contributed by atoms with Gasteiger partial charge in [-0.15, -0.1) is 0 Å². The first-order valence-corrected chi connectivity index (χ1v) is 11.1. The van der Waals surface area contributed by atoms with E-state index in [-0.39, 0.29) is 23.2 Å². The second-order valence-electron chi connectivity index (χ2n) is 8.74. The summed E-state index contributed by atoms with van der Waals surface area (Å²) in [6.45, 7) is 3.47. The average molecular weight is 483 g/mol. The van der Waals surface area contributed by atoms with Crippen molar-refractivity contribution >= 4 is 17.5 Å². The van der Waals surface area contributed by atoms with Gasteiger partial charge in [0, 0.05) is 12.7 Å². The number of hydrogen-bond acceptors (Lipinski definition) is 4. The summed E-state index contributed by atoms with van der Waals surface area (Å²) >= 11 is 6.29. The quantitative estimate of drug-likeness (QED) is 0.618. The van der Waals surface area contributed by atoms with Crippen molar-refractivity contribution < 1.29 is 23.1 Å². The minimum absolute atomic E-state index is 0.0205. The molecule has 10 heteroatoms. The molecule has 33 heavy (non-hydrogen) atoms. The van der Waals surface area contributed by atoms with Crippen LogP contribution in [-0.2, 0) is 12.7 Å². The zero-order valence-electron chi connectivity index (χ0n) is 18.5. The lowest BCUT2D eigenvalue weighted by Gasteiger charge is -2.22. The van der Waals surface area contributed by atoms with Crippen molar-refractivity contribution in [2.24, 2.45) is 5.92 Å². The summed E-state index contributed by atoms with van der Waals surface area (Å²) in [5, 5.41) is 12.8. The number of alkyl halides is 3. The first-order chi connectivity index (χ1) is 15.4. The number of aromatic nitrogens is 3. The zero-order valence-corrected chi connectivity index (χ0v) is 19.2. The van der Waals surface area contributed by atoms with Gasteiger partial charge < -0.3 is 15.0 Å². The van der Waals surface area contributed by atoms with E-state index in [1.165, 1.54) is 30.9 Å². The highest BCUT2D eigenvalue weighted by molar-refractivity contribution is 6.29. The van der Waals surface area contributed by atoms with E-state index in [1.54, 1.807) is 0 Å². The molecule has 0 bridgehead atoms. The normalized spacial score (nSPS) is 15.1. The topological polar surface area (TPSA) is 80.0 Å². The molecular weight excluding hydrogens is 457 g/mol. The Bertz CT molecular complexity index is 1040. The molecule has 1 aliphatic carbocycles. The number of pyridine rings is 1. The first-order valence-electron chi connectivity index (χ1n) is 10.8. The lowest BCUT2D eigenvalue weighted by atomic mass is 9.89. The van der Waals surface area contributed by atoms with Gasteiger partial charge in [-0.3, -0.25) is 9.78 Å². The van der Waals surface area contributed by atoms with E-state index in [1.807, 2.05) is 0 Å². The van der Waals surface area contributed by atoms with E-state index in [0.29, 0.717) is 18.0 Å². The van der Waals surface area contributed by atoms with Gasteiger partial charge in [-0.25, -0.2) is 4.98 Å². The number of nitrogens with one attached hydrogen (secondary N) is 1. The Morgan fingerprint density at radius 2 is 1.97 bits per heavy atom. The van der Waals surface area contributed by atoms with Gasteiger partial charge in [0.2, 0.25) is 5.28 Å². The number of aliphatic hydroxyl groups is 1. The van der Waals surface area contributed by atoms with E-state index in [4.69, 9.17) is 11.6 Å². The average Bonchev–Trinajstić information content (AvgIpc) is 3.06. The molecule has 0 aliphatic heterocycles. The van der Waals surface area contributed by atoms with E-state index < -0.39 is 23.4 Å². The Morgan fingerprint density at radius 3 is 2.55 bits per heavy atom. The molecule has 6 nitrogen and oxygen atoms in total. The van der Waals surface area contributed by atoms with Gasteiger partial charge in [0.15, 0.2) is 0 Å². The second kappa shape index (κ2) is 10.1. The van der Waals surface area contributed by atoms with Crippen molar-refractivity contribution in [1.29, 1.82) is 0 Å². The monoisotopic (exact) mass is 482 g/mol. The number of hydrogen-bond donors (Lipinski definition) is 2. The van der Waals surface area contributed by atoms with Crippen LogP contribution in [0.5, 0.6) is 0 Å². The van der Waals surface area contributed by atoms with Crippen molar-refractivity contribution in [1.82, 2.24) is 19.9 Å². The first kappa shape index (κ1) is 25.1. The Labute approximate surface area is 195 Å². The fourth-order valence-electron chi connectivity index (χ4n) is 3.68. The highest BCUT2D eigenvalue weighted by Gasteiger charge is 2.32. The SMILES string of the molecule is CC(C)(O)C#Cc1nc(Cl)n(Cc2ccc(C(F)(F)F)nc2)c1C(=O)NCC1CCCCC1. The number of carbonyl (C=O) groups is 1. The highest BCUT2D eigenvalue weighted by Crippen LogP contribution is 2.28. The van der Waals surface area contributed by atoms with E-state index >= 15 is 0 Å². The Kier molecular flexibility index (Phi) is 7.70. The van der Waals surface area contributed by atoms with E-state index in [9.17, 15) is 23.1 Å². The van der Waals surface area contributed by atoms with Crippen molar-refractivity contribution in [3.63, 3.8) is 0 Å². The Morgan fingerprint density at radius 1 is 1.27 bits per heavy atom. The molecule has 0 aromatic carbocycles. The van der Waals surface area contributed by atoms with Crippen LogP contribution in [0.2, 0.25) is 5.28 Å². The molecule has 1 saturated carbocycles. The molecule has 2 N–H and O–H groups in total. The Balaban J connectivity index is 1.90. The molecule has 0 saturated heterocycles. The summed E-state index contributed by atoms with van der Waals surface area (Å²) in [4.78, 5) is 20.7. The molecular formula is C23H26ClF3N4O2. The maximum absolute atomic E-state index is 13.1.